The Morgan fingerprint density at radius 3 is 1.52 bits per heavy atom. The number of carbonyl (C=O) groups is 2. The van der Waals surface area contributed by atoms with Gasteiger partial charge in [0.15, 0.2) is 0 Å². The molecule has 2 aromatic carbocycles. The van der Waals surface area contributed by atoms with Crippen molar-refractivity contribution in [2.45, 2.75) is 47.0 Å². The molecule has 0 heterocycles. The minimum absolute atomic E-state index is 0.460. The van der Waals surface area contributed by atoms with Crippen molar-refractivity contribution >= 4 is 35.0 Å². The van der Waals surface area contributed by atoms with Gasteiger partial charge < -0.3 is 0 Å². The molecule has 0 atom stereocenters. The van der Waals surface area contributed by atoms with Crippen molar-refractivity contribution in [3.8, 4) is 0 Å². The first-order valence-electron chi connectivity index (χ1n) is 10.1. The number of hydrogen-bond acceptors (Lipinski definition) is 6. The van der Waals surface area contributed by atoms with Crippen LogP contribution in [-0.4, -0.2) is 23.6 Å². The van der Waals surface area contributed by atoms with Crippen molar-refractivity contribution in [3.63, 3.8) is 0 Å². The fourth-order valence-electron chi connectivity index (χ4n) is 2.43. The van der Waals surface area contributed by atoms with Crippen LogP contribution in [-0.2, 0) is 16.1 Å². The summed E-state index contributed by atoms with van der Waals surface area (Å²) in [5, 5.41) is 13.0. The van der Waals surface area contributed by atoms with Crippen molar-refractivity contribution in [2.24, 2.45) is 10.3 Å². The second-order valence-corrected chi connectivity index (χ2v) is 6.86. The van der Waals surface area contributed by atoms with Gasteiger partial charge in [-0.2, -0.15) is 0 Å². The Bertz CT molecular complexity index is 892. The molecule has 0 unspecified atom stereocenters. The molecule has 2 aromatic rings. The second kappa shape index (κ2) is 12.1. The number of para-hydroxylation sites is 2. The number of hydrogen-bond donors (Lipinski definition) is 2. The first-order chi connectivity index (χ1) is 14.9. The molecule has 164 valence electrons. The SMILES string of the molecule is CCC(C)=NOC(=O)Nc1ccccc1Cc1ccccc1NC(=O)ON=C(C)CC. The largest absolute Gasteiger partial charge is 0.437 e. The lowest BCUT2D eigenvalue weighted by Gasteiger charge is -2.13. The molecule has 0 radical (unpaired) electrons. The fraction of sp³-hybridized carbons (Fsp3) is 0.304. The molecule has 8 nitrogen and oxygen atoms in total. The third kappa shape index (κ3) is 7.93. The van der Waals surface area contributed by atoms with E-state index in [1.807, 2.05) is 50.2 Å². The maximum absolute atomic E-state index is 12.1. The Hall–Kier alpha value is -3.68. The van der Waals surface area contributed by atoms with Crippen molar-refractivity contribution in [3.05, 3.63) is 59.7 Å². The van der Waals surface area contributed by atoms with Gasteiger partial charge in [0.2, 0.25) is 0 Å². The standard InChI is InChI=1S/C23H28N4O4/c1-5-16(3)26-30-22(28)24-20-13-9-7-11-18(20)15-19-12-8-10-14-21(19)25-23(29)31-27-17(4)6-2/h7-14H,5-6,15H2,1-4H3,(H,24,28)(H,25,29). The average Bonchev–Trinajstić information content (AvgIpc) is 2.78. The molecular weight excluding hydrogens is 396 g/mol. The predicted molar refractivity (Wildman–Crippen MR) is 123 cm³/mol. The van der Waals surface area contributed by atoms with Gasteiger partial charge in [0.1, 0.15) is 0 Å². The molecule has 0 bridgehead atoms. The highest BCUT2D eigenvalue weighted by atomic mass is 16.7. The Balaban J connectivity index is 2.13. The molecule has 2 N–H and O–H groups in total. The van der Waals surface area contributed by atoms with E-state index in [1.165, 1.54) is 0 Å². The van der Waals surface area contributed by atoms with Gasteiger partial charge >= 0.3 is 12.2 Å². The fourth-order valence-corrected chi connectivity index (χ4v) is 2.43. The summed E-state index contributed by atoms with van der Waals surface area (Å²) in [4.78, 5) is 33.9. The van der Waals surface area contributed by atoms with Crippen LogP contribution in [0, 0.1) is 0 Å². The minimum Gasteiger partial charge on any atom is -0.298 e. The highest BCUT2D eigenvalue weighted by Gasteiger charge is 2.12. The monoisotopic (exact) mass is 424 g/mol. The van der Waals surface area contributed by atoms with Crippen LogP contribution in [0.15, 0.2) is 58.8 Å². The van der Waals surface area contributed by atoms with E-state index in [0.717, 1.165) is 11.1 Å². The van der Waals surface area contributed by atoms with Crippen molar-refractivity contribution in [1.82, 2.24) is 0 Å². The van der Waals surface area contributed by atoms with Crippen LogP contribution in [0.5, 0.6) is 0 Å². The number of nitrogens with zero attached hydrogens (tertiary/aromatic N) is 2. The Morgan fingerprint density at radius 1 is 0.742 bits per heavy atom. The highest BCUT2D eigenvalue weighted by Crippen LogP contribution is 2.24. The summed E-state index contributed by atoms with van der Waals surface area (Å²) in [6.45, 7) is 7.41. The number of rotatable bonds is 8. The first-order valence-corrected chi connectivity index (χ1v) is 10.1. The molecule has 31 heavy (non-hydrogen) atoms. The van der Waals surface area contributed by atoms with Gasteiger partial charge in [-0.15, -0.1) is 0 Å². The molecule has 2 amide bonds. The van der Waals surface area contributed by atoms with Gasteiger partial charge in [-0.05, 0) is 49.9 Å². The lowest BCUT2D eigenvalue weighted by Crippen LogP contribution is -2.14. The molecule has 8 heteroatoms. The van der Waals surface area contributed by atoms with Crippen LogP contribution in [0.4, 0.5) is 21.0 Å². The lowest BCUT2D eigenvalue weighted by atomic mass is 10.0. The van der Waals surface area contributed by atoms with Crippen LogP contribution < -0.4 is 10.6 Å². The molecule has 0 saturated carbocycles. The van der Waals surface area contributed by atoms with E-state index in [4.69, 9.17) is 9.68 Å². The van der Waals surface area contributed by atoms with E-state index in [1.54, 1.807) is 26.0 Å². The highest BCUT2D eigenvalue weighted by molar-refractivity contribution is 5.89. The molecule has 0 fully saturated rings. The van der Waals surface area contributed by atoms with E-state index in [2.05, 4.69) is 20.9 Å². The topological polar surface area (TPSA) is 101 Å². The van der Waals surface area contributed by atoms with Gasteiger partial charge in [0, 0.05) is 17.8 Å². The number of oxime groups is 2. The normalized spacial score (nSPS) is 11.6. The van der Waals surface area contributed by atoms with Crippen LogP contribution >= 0.6 is 0 Å². The zero-order valence-electron chi connectivity index (χ0n) is 18.3. The Morgan fingerprint density at radius 2 is 1.13 bits per heavy atom. The van der Waals surface area contributed by atoms with E-state index in [0.29, 0.717) is 42.1 Å². The van der Waals surface area contributed by atoms with Crippen LogP contribution in [0.1, 0.15) is 51.7 Å². The number of amides is 2. The summed E-state index contributed by atoms with van der Waals surface area (Å²) >= 11 is 0. The smallest absolute Gasteiger partial charge is 0.298 e. The summed E-state index contributed by atoms with van der Waals surface area (Å²) in [5.74, 6) is 0. The molecular formula is C23H28N4O4. The first kappa shape index (κ1) is 23.6. The number of nitrogens with one attached hydrogen (secondary N) is 2. The summed E-state index contributed by atoms with van der Waals surface area (Å²) < 4.78 is 0. The van der Waals surface area contributed by atoms with E-state index >= 15 is 0 Å². The van der Waals surface area contributed by atoms with Crippen molar-refractivity contribution in [2.75, 3.05) is 10.6 Å². The predicted octanol–water partition coefficient (Wildman–Crippen LogP) is 5.95. The van der Waals surface area contributed by atoms with Gasteiger partial charge in [-0.3, -0.25) is 20.3 Å². The van der Waals surface area contributed by atoms with E-state index in [-0.39, 0.29) is 0 Å². The molecule has 0 saturated heterocycles. The maximum atomic E-state index is 12.1. The number of benzene rings is 2. The van der Waals surface area contributed by atoms with Gasteiger partial charge in [-0.1, -0.05) is 60.6 Å². The molecule has 0 aromatic heterocycles. The van der Waals surface area contributed by atoms with Crippen LogP contribution in [0.25, 0.3) is 0 Å². The summed E-state index contributed by atoms with van der Waals surface area (Å²) in [6.07, 6.45) is 0.513. The lowest BCUT2D eigenvalue weighted by molar-refractivity contribution is 0.165. The van der Waals surface area contributed by atoms with Crippen molar-refractivity contribution in [1.29, 1.82) is 0 Å². The van der Waals surface area contributed by atoms with Crippen molar-refractivity contribution < 1.29 is 19.3 Å². The molecule has 2 rings (SSSR count). The Kier molecular flexibility index (Phi) is 9.22. The minimum atomic E-state index is -0.667. The molecule has 0 aliphatic carbocycles. The molecule has 0 aliphatic rings. The van der Waals surface area contributed by atoms with E-state index < -0.39 is 12.2 Å². The van der Waals surface area contributed by atoms with Crippen LogP contribution in [0.2, 0.25) is 0 Å². The third-order valence-corrected chi connectivity index (χ3v) is 4.48. The summed E-state index contributed by atoms with van der Waals surface area (Å²) in [5.41, 5.74) is 4.31. The Labute approximate surface area is 182 Å². The van der Waals surface area contributed by atoms with Gasteiger partial charge in [-0.25, -0.2) is 9.59 Å². The summed E-state index contributed by atoms with van der Waals surface area (Å²) in [6, 6.07) is 14.7. The zero-order valence-corrected chi connectivity index (χ0v) is 18.3. The average molecular weight is 425 g/mol. The number of carbonyl (C=O) groups excluding carboxylic acids is 2. The van der Waals surface area contributed by atoms with Crippen LogP contribution in [0.3, 0.4) is 0 Å². The summed E-state index contributed by atoms with van der Waals surface area (Å²) in [7, 11) is 0. The maximum Gasteiger partial charge on any atom is 0.437 e. The zero-order chi connectivity index (χ0) is 22.6. The van der Waals surface area contributed by atoms with Gasteiger partial charge in [0.05, 0.1) is 11.4 Å². The van der Waals surface area contributed by atoms with E-state index in [9.17, 15) is 9.59 Å². The molecule has 0 spiro atoms. The quantitative estimate of drug-likeness (QED) is 0.311. The number of anilines is 2. The second-order valence-electron chi connectivity index (χ2n) is 6.86. The molecule has 0 aliphatic heterocycles. The van der Waals surface area contributed by atoms with Gasteiger partial charge in [0.25, 0.3) is 0 Å². The third-order valence-electron chi connectivity index (χ3n) is 4.48.